The summed E-state index contributed by atoms with van der Waals surface area (Å²) in [5.74, 6) is -0.00338. The summed E-state index contributed by atoms with van der Waals surface area (Å²) in [6.45, 7) is 16.6. The van der Waals surface area contributed by atoms with Crippen molar-refractivity contribution < 1.29 is 53.6 Å². The van der Waals surface area contributed by atoms with Crippen LogP contribution in [-0.2, 0) is 51.5 Å². The second-order valence-electron chi connectivity index (χ2n) is 24.2. The number of benzene rings is 2. The Morgan fingerprint density at radius 3 is 1.17 bits per heavy atom. The molecule has 0 bridgehead atoms. The van der Waals surface area contributed by atoms with Gasteiger partial charge in [-0.1, -0.05) is 65.8 Å². The van der Waals surface area contributed by atoms with Crippen LogP contribution < -0.4 is 73.7 Å². The summed E-state index contributed by atoms with van der Waals surface area (Å²) in [7, 11) is 13.5. The lowest BCUT2D eigenvalue weighted by atomic mass is 10.1. The number of rotatable bonds is 28. The number of likely N-dealkylation sites (N-methyl/N-ethyl adjacent to an activating group) is 1. The van der Waals surface area contributed by atoms with Crippen LogP contribution in [0.3, 0.4) is 0 Å². The molecule has 2 aliphatic rings. The molecule has 2 fully saturated rings. The number of primary amides is 1. The fourth-order valence-electron chi connectivity index (χ4n) is 5.19. The maximum Gasteiger partial charge on any atom is 0.235 e. The van der Waals surface area contributed by atoms with Crippen molar-refractivity contribution in [2.75, 3.05) is 128 Å². The number of carbonyl (C=O) groups excluding carboxylic acids is 6. The third kappa shape index (κ3) is 90.2. The maximum atomic E-state index is 10.8. The zero-order chi connectivity index (χ0) is 74.3. The number of aliphatic hydroxyl groups is 3. The first-order valence-corrected chi connectivity index (χ1v) is 31.6. The number of amides is 6. The zero-order valence-corrected chi connectivity index (χ0v) is 60.0. The van der Waals surface area contributed by atoms with Crippen molar-refractivity contribution in [1.29, 1.82) is 0 Å². The van der Waals surface area contributed by atoms with Gasteiger partial charge >= 0.3 is 0 Å². The molecule has 4 rings (SSSR count). The van der Waals surface area contributed by atoms with Gasteiger partial charge in [0, 0.05) is 131 Å². The van der Waals surface area contributed by atoms with E-state index in [-0.39, 0.29) is 59.6 Å². The molecule has 6 amide bonds. The average Bonchev–Trinajstić information content (AvgIpc) is 1.71. The Morgan fingerprint density at radius 1 is 0.543 bits per heavy atom. The molecular weight excluding hydrogens is 1210 g/mol. The van der Waals surface area contributed by atoms with E-state index in [9.17, 15) is 28.8 Å². The molecule has 0 saturated heterocycles. The second kappa shape index (κ2) is 64.3. The summed E-state index contributed by atoms with van der Waals surface area (Å²) >= 11 is 0. The summed E-state index contributed by atoms with van der Waals surface area (Å²) in [6, 6.07) is 20.4. The van der Waals surface area contributed by atoms with E-state index in [1.54, 1.807) is 103 Å². The molecule has 0 spiro atoms. The number of nitrogens with two attached hydrogens (primary N) is 11. The van der Waals surface area contributed by atoms with Crippen LogP contribution in [0.4, 0.5) is 0 Å². The minimum Gasteiger partial charge on any atom is -0.390 e. The molecule has 2 saturated carbocycles. The number of carbonyl (C=O) groups is 6. The van der Waals surface area contributed by atoms with Crippen molar-refractivity contribution in [2.45, 2.75) is 173 Å². The molecule has 0 heterocycles. The average molecular weight is 1340 g/mol. The predicted octanol–water partition coefficient (Wildman–Crippen LogP) is 0.702. The Kier molecular flexibility index (Phi) is 69.4. The van der Waals surface area contributed by atoms with E-state index in [1.165, 1.54) is 33.8 Å². The molecule has 94 heavy (non-hydrogen) atoms. The maximum absolute atomic E-state index is 10.8. The molecule has 2 aromatic rings. The van der Waals surface area contributed by atoms with Gasteiger partial charge in [-0.3, -0.25) is 28.8 Å². The lowest BCUT2D eigenvalue weighted by Crippen LogP contribution is -2.29. The van der Waals surface area contributed by atoms with Crippen LogP contribution in [0.1, 0.15) is 143 Å². The smallest absolute Gasteiger partial charge is 0.235 e. The van der Waals surface area contributed by atoms with Crippen LogP contribution in [0, 0.1) is 0 Å². The predicted molar refractivity (Wildman–Crippen MR) is 379 cm³/mol. The van der Waals surface area contributed by atoms with Gasteiger partial charge in [-0.15, -0.1) is 0 Å². The number of nitrogens with zero attached hydrogens (tertiary/aromatic N) is 6. The minimum atomic E-state index is -0.869. The minimum absolute atomic E-state index is 0.00231. The van der Waals surface area contributed by atoms with Gasteiger partial charge in [0.2, 0.25) is 35.4 Å². The molecule has 27 N–H and O–H groups in total. The fraction of sp³-hybridized carbons (Fsp3) is 0.719. The van der Waals surface area contributed by atoms with Gasteiger partial charge in [0.25, 0.3) is 0 Å². The monoisotopic (exact) mass is 1340 g/mol. The van der Waals surface area contributed by atoms with Crippen LogP contribution in [0.15, 0.2) is 65.8 Å². The Morgan fingerprint density at radius 2 is 0.926 bits per heavy atom. The highest BCUT2D eigenvalue weighted by Gasteiger charge is 2.38. The zero-order valence-electron chi connectivity index (χ0n) is 60.0. The Labute approximate surface area is 563 Å². The van der Waals surface area contributed by atoms with Crippen LogP contribution in [0.5, 0.6) is 0 Å². The third-order valence-electron chi connectivity index (χ3n) is 11.7. The summed E-state index contributed by atoms with van der Waals surface area (Å²) < 4.78 is 11.1. The second-order valence-corrected chi connectivity index (χ2v) is 24.2. The van der Waals surface area contributed by atoms with E-state index in [4.69, 9.17) is 93.4 Å². The van der Waals surface area contributed by atoms with Crippen LogP contribution in [0.2, 0.25) is 0 Å². The van der Waals surface area contributed by atoms with Gasteiger partial charge in [0.1, 0.15) is 0 Å². The lowest BCUT2D eigenvalue weighted by Gasteiger charge is -2.13. The number of azide groups is 1. The highest BCUT2D eigenvalue weighted by molar-refractivity contribution is 5.77. The molecule has 0 radical (unpaired) electrons. The first kappa shape index (κ1) is 101. The van der Waals surface area contributed by atoms with Crippen molar-refractivity contribution in [1.82, 2.24) is 25.3 Å². The first-order chi connectivity index (χ1) is 43.7. The van der Waals surface area contributed by atoms with Crippen LogP contribution >= 0.6 is 0 Å². The molecule has 2 aromatic carbocycles. The van der Waals surface area contributed by atoms with Crippen molar-refractivity contribution in [2.24, 2.45) is 68.2 Å². The summed E-state index contributed by atoms with van der Waals surface area (Å²) in [4.78, 5) is 69.3. The van der Waals surface area contributed by atoms with E-state index >= 15 is 0 Å². The molecule has 30 heteroatoms. The summed E-state index contributed by atoms with van der Waals surface area (Å²) in [5, 5.41) is 34.6. The van der Waals surface area contributed by atoms with Crippen LogP contribution in [-0.4, -0.2) is 222 Å². The number of ether oxygens (including phenoxy) is 2. The van der Waals surface area contributed by atoms with E-state index < -0.39 is 16.8 Å². The topological polar surface area (TPSA) is 550 Å². The van der Waals surface area contributed by atoms with Gasteiger partial charge in [0.15, 0.2) is 0 Å². The van der Waals surface area contributed by atoms with Gasteiger partial charge in [-0.2, -0.15) is 0 Å². The fourth-order valence-corrected chi connectivity index (χ4v) is 5.19. The lowest BCUT2D eigenvalue weighted by molar-refractivity contribution is -0.129. The first-order valence-electron chi connectivity index (χ1n) is 31.6. The van der Waals surface area contributed by atoms with Crippen molar-refractivity contribution in [3.05, 3.63) is 82.2 Å². The van der Waals surface area contributed by atoms with Crippen molar-refractivity contribution in [3.63, 3.8) is 0 Å². The number of nitrogens with one attached hydrogen (secondary N) is 2. The summed E-state index contributed by atoms with van der Waals surface area (Å²) in [5.41, 5.74) is 65.6. The molecule has 0 aromatic heterocycles. The molecule has 30 nitrogen and oxygen atoms in total. The van der Waals surface area contributed by atoms with Crippen molar-refractivity contribution >= 4 is 35.4 Å². The van der Waals surface area contributed by atoms with Crippen LogP contribution in [0.25, 0.3) is 10.4 Å². The molecule has 2 aliphatic carbocycles. The normalized spacial score (nSPS) is 12.1. The Balaban J connectivity index is -0.000000179. The number of hydrogen-bond acceptors (Lipinski definition) is 22. The molecular formula is C64H133N19O11. The highest BCUT2D eigenvalue weighted by atomic mass is 16.5. The quantitative estimate of drug-likeness (QED) is 0.0241. The van der Waals surface area contributed by atoms with Gasteiger partial charge in [-0.25, -0.2) is 0 Å². The highest BCUT2D eigenvalue weighted by Crippen LogP contribution is 2.35. The SMILES string of the molecule is CC(C)(O)CCN.CC(C)(O)CN.CC(C)(O)CN=[N+]=[N-].CN(C)C(=O)CCCN.CN(C)C(=O)CCN.CN(C)C(=O)CN.CNC(=O)CCCN.CNC(=O)CCN.NC1(CCOCc2ccccc2)CC1.NC1(COCc2ccccc2)CC1.NCCCC(N)=O. The van der Waals surface area contributed by atoms with Gasteiger partial charge in [-0.05, 0) is 142 Å². The standard InChI is InChI=1S/C12H17NO.C11H15NO.C6H14N2O.2C5H12N2O.C5H13NO.C4H9N3O.3C4H10N2O.C4H11NO/c13-12(6-7-12)8-9-14-10-11-4-2-1-3-5-11;12-11(6-7-11)9-13-8-10-4-2-1-3-5-10;1-8(2)6(9)4-3-5-7;1-7(2)5(8)3-4-6;1-7-5(8)3-2-4-6;1-5(2,7)3-4-6;1-4(2,8)3-6-7-5;1-6(2)4(7)3-5;1-6-4(7)2-3-5;5-3-1-2-4(6)7;1-4(2,6)3-5/h1-5H,6-10,13H2;1-5H,6-9,12H2;3-5,7H2,1-2H3;3-4,6H2,1-2H3;2-4,6H2,1H3,(H,7,8);7H,3-4,6H2,1-2H3;8H,3H2,1-2H3;3,5H2,1-2H3;2-3,5H2,1H3,(H,6,7);1-3,5H2,(H2,6,7);6H,3,5H2,1-2H3. The van der Waals surface area contributed by atoms with E-state index in [2.05, 4.69) is 44.9 Å². The van der Waals surface area contributed by atoms with E-state index in [1.807, 2.05) is 36.4 Å². The Hall–Kier alpha value is -6.03. The summed E-state index contributed by atoms with van der Waals surface area (Å²) in [6.07, 6.45) is 10.9. The molecule has 0 aliphatic heterocycles. The largest absolute Gasteiger partial charge is 0.390 e. The third-order valence-corrected chi connectivity index (χ3v) is 11.7. The van der Waals surface area contributed by atoms with Crippen molar-refractivity contribution in [3.8, 4) is 0 Å². The van der Waals surface area contributed by atoms with E-state index in [0.717, 1.165) is 38.7 Å². The molecule has 0 atom stereocenters. The Bertz CT molecular complexity index is 2170. The van der Waals surface area contributed by atoms with Gasteiger partial charge < -0.3 is 113 Å². The number of hydrogen-bond donors (Lipinski definition) is 16. The van der Waals surface area contributed by atoms with Gasteiger partial charge in [0.05, 0.1) is 49.7 Å². The molecule has 0 unspecified atom stereocenters. The van der Waals surface area contributed by atoms with E-state index in [0.29, 0.717) is 111 Å². The molecule has 550 valence electrons.